The average molecular weight is 156 g/mol. The third-order valence-corrected chi connectivity index (χ3v) is 2.76. The fourth-order valence-corrected chi connectivity index (χ4v) is 1.91. The maximum absolute atomic E-state index is 6.01. The molecule has 0 radical (unpaired) electrons. The molecule has 0 saturated carbocycles. The first-order chi connectivity index (χ1) is 4.97. The molecule has 1 aliphatic heterocycles. The molecule has 0 aromatic carbocycles. The lowest BCUT2D eigenvalue weighted by Crippen LogP contribution is -2.42. The third-order valence-electron chi connectivity index (χ3n) is 2.76. The third kappa shape index (κ3) is 2.19. The Kier molecular flexibility index (Phi) is 2.29. The van der Waals surface area contributed by atoms with E-state index in [1.54, 1.807) is 0 Å². The normalized spacial score (nSPS) is 37.1. The molecular weight excluding hydrogens is 136 g/mol. The highest BCUT2D eigenvalue weighted by atomic mass is 16.5. The van der Waals surface area contributed by atoms with Crippen molar-refractivity contribution in [3.63, 3.8) is 0 Å². The van der Waals surface area contributed by atoms with Gasteiger partial charge in [-0.25, -0.2) is 0 Å². The van der Waals surface area contributed by atoms with Crippen molar-refractivity contribution in [1.82, 2.24) is 0 Å². The van der Waals surface area contributed by atoms with E-state index in [9.17, 15) is 0 Å². The smallest absolute Gasteiger partial charge is 0.0659 e. The molecule has 1 heterocycles. The van der Waals surface area contributed by atoms with Gasteiger partial charge in [0, 0.05) is 0 Å². The summed E-state index contributed by atoms with van der Waals surface area (Å²) in [5.41, 5.74) is 0.269. The summed E-state index contributed by atoms with van der Waals surface area (Å²) in [6, 6.07) is 0. The van der Waals surface area contributed by atoms with E-state index in [0.29, 0.717) is 0 Å². The van der Waals surface area contributed by atoms with Gasteiger partial charge >= 0.3 is 0 Å². The Hall–Kier alpha value is -0.0400. The highest BCUT2D eigenvalue weighted by Gasteiger charge is 2.35. The summed E-state index contributed by atoms with van der Waals surface area (Å²) in [7, 11) is 0. The predicted molar refractivity (Wildman–Crippen MR) is 47.7 cm³/mol. The zero-order valence-electron chi connectivity index (χ0n) is 8.24. The molecule has 66 valence electrons. The molecule has 0 aromatic rings. The van der Waals surface area contributed by atoms with Gasteiger partial charge in [0.25, 0.3) is 0 Å². The van der Waals surface area contributed by atoms with E-state index < -0.39 is 0 Å². The van der Waals surface area contributed by atoms with E-state index in [-0.39, 0.29) is 11.2 Å². The van der Waals surface area contributed by atoms with Crippen molar-refractivity contribution in [2.75, 3.05) is 0 Å². The molecule has 0 N–H and O–H groups in total. The van der Waals surface area contributed by atoms with Gasteiger partial charge in [-0.15, -0.1) is 0 Å². The SMILES string of the molecule is CCC1(C)CCCC(C)(C)O1. The molecule has 1 heteroatoms. The second kappa shape index (κ2) is 2.78. The highest BCUT2D eigenvalue weighted by molar-refractivity contribution is 4.85. The summed E-state index contributed by atoms with van der Waals surface area (Å²) in [4.78, 5) is 0. The first-order valence-corrected chi connectivity index (χ1v) is 4.68. The van der Waals surface area contributed by atoms with Crippen LogP contribution in [0.25, 0.3) is 0 Å². The van der Waals surface area contributed by atoms with Gasteiger partial charge in [0.1, 0.15) is 0 Å². The molecule has 1 aliphatic rings. The Bertz CT molecular complexity index is 140. The maximum atomic E-state index is 6.01. The molecule has 0 spiro atoms. The molecule has 0 aliphatic carbocycles. The topological polar surface area (TPSA) is 9.23 Å². The second-order valence-electron chi connectivity index (χ2n) is 4.52. The van der Waals surface area contributed by atoms with Crippen LogP contribution in [-0.2, 0) is 4.74 Å². The number of hydrogen-bond acceptors (Lipinski definition) is 1. The minimum absolute atomic E-state index is 0.114. The highest BCUT2D eigenvalue weighted by Crippen LogP contribution is 2.36. The lowest BCUT2D eigenvalue weighted by molar-refractivity contribution is -0.165. The fourth-order valence-electron chi connectivity index (χ4n) is 1.91. The van der Waals surface area contributed by atoms with Crippen molar-refractivity contribution < 1.29 is 4.74 Å². The number of ether oxygens (including phenoxy) is 1. The van der Waals surface area contributed by atoms with E-state index in [0.717, 1.165) is 6.42 Å². The van der Waals surface area contributed by atoms with Crippen molar-refractivity contribution >= 4 is 0 Å². The van der Waals surface area contributed by atoms with Crippen molar-refractivity contribution in [2.45, 2.75) is 64.6 Å². The molecule has 1 nitrogen and oxygen atoms in total. The van der Waals surface area contributed by atoms with Crippen LogP contribution in [0.5, 0.6) is 0 Å². The van der Waals surface area contributed by atoms with E-state index in [4.69, 9.17) is 4.74 Å². The van der Waals surface area contributed by atoms with Crippen LogP contribution >= 0.6 is 0 Å². The Morgan fingerprint density at radius 3 is 2.18 bits per heavy atom. The zero-order chi connectivity index (χ0) is 8.54. The van der Waals surface area contributed by atoms with Gasteiger partial charge in [-0.1, -0.05) is 6.92 Å². The maximum Gasteiger partial charge on any atom is 0.0659 e. The fraction of sp³-hybridized carbons (Fsp3) is 1.00. The van der Waals surface area contributed by atoms with Crippen molar-refractivity contribution in [2.24, 2.45) is 0 Å². The first kappa shape index (κ1) is 9.05. The monoisotopic (exact) mass is 156 g/mol. The first-order valence-electron chi connectivity index (χ1n) is 4.68. The molecule has 11 heavy (non-hydrogen) atoms. The minimum Gasteiger partial charge on any atom is -0.369 e. The Labute approximate surface area is 70.1 Å². The van der Waals surface area contributed by atoms with Crippen LogP contribution in [0, 0.1) is 0 Å². The molecule has 1 fully saturated rings. The molecule has 0 aromatic heterocycles. The van der Waals surface area contributed by atoms with Gasteiger partial charge in [0.15, 0.2) is 0 Å². The molecule has 1 unspecified atom stereocenters. The molecule has 1 rings (SSSR count). The van der Waals surface area contributed by atoms with Gasteiger partial charge in [0.05, 0.1) is 11.2 Å². The van der Waals surface area contributed by atoms with Crippen molar-refractivity contribution in [1.29, 1.82) is 0 Å². The van der Waals surface area contributed by atoms with Crippen molar-refractivity contribution in [3.05, 3.63) is 0 Å². The average Bonchev–Trinajstić information content (AvgIpc) is 1.85. The van der Waals surface area contributed by atoms with Gasteiger partial charge < -0.3 is 4.74 Å². The van der Waals surface area contributed by atoms with E-state index in [2.05, 4.69) is 27.7 Å². The Morgan fingerprint density at radius 2 is 1.82 bits per heavy atom. The molecular formula is C10H20O. The lowest BCUT2D eigenvalue weighted by atomic mass is 9.86. The summed E-state index contributed by atoms with van der Waals surface area (Å²) < 4.78 is 6.01. The Morgan fingerprint density at radius 1 is 1.18 bits per heavy atom. The van der Waals surface area contributed by atoms with Gasteiger partial charge in [-0.05, 0) is 46.5 Å². The van der Waals surface area contributed by atoms with Crippen LogP contribution in [0.3, 0.4) is 0 Å². The summed E-state index contributed by atoms with van der Waals surface area (Å²) in [6.07, 6.45) is 4.89. The summed E-state index contributed by atoms with van der Waals surface area (Å²) >= 11 is 0. The minimum atomic E-state index is 0.114. The van der Waals surface area contributed by atoms with Crippen molar-refractivity contribution in [3.8, 4) is 0 Å². The van der Waals surface area contributed by atoms with E-state index in [1.807, 2.05) is 0 Å². The van der Waals surface area contributed by atoms with E-state index >= 15 is 0 Å². The van der Waals surface area contributed by atoms with Crippen LogP contribution in [0.4, 0.5) is 0 Å². The van der Waals surface area contributed by atoms with Gasteiger partial charge in [-0.2, -0.15) is 0 Å². The van der Waals surface area contributed by atoms with Crippen LogP contribution < -0.4 is 0 Å². The van der Waals surface area contributed by atoms with Gasteiger partial charge in [-0.3, -0.25) is 0 Å². The number of hydrogen-bond donors (Lipinski definition) is 0. The van der Waals surface area contributed by atoms with E-state index in [1.165, 1.54) is 19.3 Å². The molecule has 1 atom stereocenters. The van der Waals surface area contributed by atoms with Crippen LogP contribution in [0.1, 0.15) is 53.4 Å². The number of rotatable bonds is 1. The standard InChI is InChI=1S/C10H20O/c1-5-10(4)8-6-7-9(2,3)11-10/h5-8H2,1-4H3. The van der Waals surface area contributed by atoms with Gasteiger partial charge in [0.2, 0.25) is 0 Å². The van der Waals surface area contributed by atoms with Crippen LogP contribution in [0.2, 0.25) is 0 Å². The second-order valence-corrected chi connectivity index (χ2v) is 4.52. The molecule has 1 saturated heterocycles. The lowest BCUT2D eigenvalue weighted by Gasteiger charge is -2.43. The van der Waals surface area contributed by atoms with Crippen LogP contribution in [-0.4, -0.2) is 11.2 Å². The predicted octanol–water partition coefficient (Wildman–Crippen LogP) is 3.13. The molecule has 0 amide bonds. The quantitative estimate of drug-likeness (QED) is 0.566. The summed E-state index contributed by atoms with van der Waals surface area (Å²) in [6.45, 7) is 8.83. The largest absolute Gasteiger partial charge is 0.369 e. The summed E-state index contributed by atoms with van der Waals surface area (Å²) in [5.74, 6) is 0. The zero-order valence-corrected chi connectivity index (χ0v) is 8.24. The summed E-state index contributed by atoms with van der Waals surface area (Å²) in [5, 5.41) is 0. The molecule has 0 bridgehead atoms. The Balaban J connectivity index is 2.59. The van der Waals surface area contributed by atoms with Crippen LogP contribution in [0.15, 0.2) is 0 Å².